The molecule has 2 heterocycles. The van der Waals surface area contributed by atoms with Crippen molar-refractivity contribution >= 4 is 29.9 Å². The van der Waals surface area contributed by atoms with Gasteiger partial charge in [-0.2, -0.15) is 0 Å². The van der Waals surface area contributed by atoms with Crippen LogP contribution in [0.25, 0.3) is 0 Å². The summed E-state index contributed by atoms with van der Waals surface area (Å²) in [5, 5.41) is 6.76. The predicted octanol–water partition coefficient (Wildman–Crippen LogP) is 2.73. The van der Waals surface area contributed by atoms with Crippen LogP contribution in [0.5, 0.6) is 0 Å². The molecule has 1 aromatic heterocycles. The van der Waals surface area contributed by atoms with E-state index in [0.717, 1.165) is 37.1 Å². The number of hydrogen-bond donors (Lipinski definition) is 2. The summed E-state index contributed by atoms with van der Waals surface area (Å²) >= 11 is 0. The van der Waals surface area contributed by atoms with Crippen molar-refractivity contribution in [2.24, 2.45) is 10.9 Å². The zero-order valence-electron chi connectivity index (χ0n) is 14.5. The van der Waals surface area contributed by atoms with Gasteiger partial charge in [-0.3, -0.25) is 9.89 Å². The van der Waals surface area contributed by atoms with Crippen molar-refractivity contribution in [3.63, 3.8) is 0 Å². The van der Waals surface area contributed by atoms with Gasteiger partial charge in [0.15, 0.2) is 5.96 Å². The smallest absolute Gasteiger partial charge is 0.191 e. The van der Waals surface area contributed by atoms with Gasteiger partial charge in [-0.1, -0.05) is 6.92 Å². The van der Waals surface area contributed by atoms with E-state index in [0.29, 0.717) is 6.04 Å². The van der Waals surface area contributed by atoms with Gasteiger partial charge in [0.25, 0.3) is 0 Å². The summed E-state index contributed by atoms with van der Waals surface area (Å²) in [5.41, 5.74) is 0. The lowest BCUT2D eigenvalue weighted by atomic mass is 9.98. The molecule has 2 N–H and O–H groups in total. The number of rotatable bonds is 6. The lowest BCUT2D eigenvalue weighted by Crippen LogP contribution is -2.48. The van der Waals surface area contributed by atoms with Crippen LogP contribution in [-0.4, -0.2) is 50.1 Å². The molecule has 2 rings (SSSR count). The lowest BCUT2D eigenvalue weighted by molar-refractivity contribution is 0.147. The van der Waals surface area contributed by atoms with Crippen LogP contribution in [0.3, 0.4) is 0 Å². The van der Waals surface area contributed by atoms with Gasteiger partial charge in [-0.05, 0) is 50.9 Å². The molecule has 132 valence electrons. The summed E-state index contributed by atoms with van der Waals surface area (Å²) in [4.78, 5) is 6.85. The molecule has 0 bridgehead atoms. The molecule has 0 saturated carbocycles. The lowest BCUT2D eigenvalue weighted by Gasteiger charge is -2.35. The van der Waals surface area contributed by atoms with Crippen LogP contribution < -0.4 is 10.6 Å². The quantitative estimate of drug-likeness (QED) is 0.411. The van der Waals surface area contributed by atoms with Crippen molar-refractivity contribution in [1.29, 1.82) is 0 Å². The highest BCUT2D eigenvalue weighted by Gasteiger charge is 2.20. The van der Waals surface area contributed by atoms with Crippen LogP contribution in [0, 0.1) is 5.92 Å². The van der Waals surface area contributed by atoms with Gasteiger partial charge < -0.3 is 15.1 Å². The van der Waals surface area contributed by atoms with Crippen LogP contribution in [0.4, 0.5) is 0 Å². The number of nitrogens with zero attached hydrogens (tertiary/aromatic N) is 2. The van der Waals surface area contributed by atoms with Crippen LogP contribution in [0.1, 0.15) is 32.4 Å². The molecule has 1 aromatic rings. The minimum atomic E-state index is 0. The number of aliphatic imine (C=N–C) groups is 1. The Morgan fingerprint density at radius 1 is 1.39 bits per heavy atom. The predicted molar refractivity (Wildman–Crippen MR) is 107 cm³/mol. The van der Waals surface area contributed by atoms with Gasteiger partial charge in [-0.15, -0.1) is 24.0 Å². The maximum Gasteiger partial charge on any atom is 0.191 e. The first kappa shape index (κ1) is 20.3. The largest absolute Gasteiger partial charge is 0.469 e. The van der Waals surface area contributed by atoms with Gasteiger partial charge in [-0.25, -0.2) is 0 Å². The van der Waals surface area contributed by atoms with E-state index in [4.69, 9.17) is 4.42 Å². The highest BCUT2D eigenvalue weighted by molar-refractivity contribution is 14.0. The van der Waals surface area contributed by atoms with E-state index in [1.54, 1.807) is 6.26 Å². The fourth-order valence-corrected chi connectivity index (χ4v) is 2.82. The van der Waals surface area contributed by atoms with Gasteiger partial charge >= 0.3 is 0 Å². The van der Waals surface area contributed by atoms with Gasteiger partial charge in [0.1, 0.15) is 5.76 Å². The first-order chi connectivity index (χ1) is 10.7. The highest BCUT2D eigenvalue weighted by atomic mass is 127. The van der Waals surface area contributed by atoms with E-state index in [-0.39, 0.29) is 24.0 Å². The van der Waals surface area contributed by atoms with Gasteiger partial charge in [0.05, 0.1) is 6.26 Å². The zero-order valence-corrected chi connectivity index (χ0v) is 16.9. The molecular weight excluding hydrogens is 403 g/mol. The minimum absolute atomic E-state index is 0. The molecule has 1 saturated heterocycles. The molecule has 1 fully saturated rings. The molecule has 1 aliphatic heterocycles. The van der Waals surface area contributed by atoms with E-state index >= 15 is 0 Å². The summed E-state index contributed by atoms with van der Waals surface area (Å²) in [6.45, 7) is 8.82. The molecule has 23 heavy (non-hydrogen) atoms. The average molecular weight is 434 g/mol. The van der Waals surface area contributed by atoms with E-state index in [1.807, 2.05) is 19.2 Å². The zero-order chi connectivity index (χ0) is 15.8. The van der Waals surface area contributed by atoms with Crippen LogP contribution in [-0.2, 0) is 6.42 Å². The standard InChI is InChI=1S/C17H30N4O.HI/c1-14-7-10-21(11-8-14)15(2)13-20-17(18-3)19-9-6-16-5-4-12-22-16;/h4-5,12,14-15H,6-11,13H2,1-3H3,(H2,18,19,20);1H. The Morgan fingerprint density at radius 3 is 2.74 bits per heavy atom. The summed E-state index contributed by atoms with van der Waals surface area (Å²) in [6, 6.07) is 4.46. The number of nitrogens with one attached hydrogen (secondary N) is 2. The summed E-state index contributed by atoms with van der Waals surface area (Å²) in [7, 11) is 1.81. The molecule has 0 radical (unpaired) electrons. The molecule has 1 unspecified atom stereocenters. The van der Waals surface area contributed by atoms with E-state index in [9.17, 15) is 0 Å². The minimum Gasteiger partial charge on any atom is -0.469 e. The topological polar surface area (TPSA) is 52.8 Å². The normalized spacial score (nSPS) is 18.3. The fourth-order valence-electron chi connectivity index (χ4n) is 2.82. The molecule has 0 aromatic carbocycles. The van der Waals surface area contributed by atoms with Crippen molar-refractivity contribution in [1.82, 2.24) is 15.5 Å². The molecule has 1 aliphatic rings. The molecule has 0 aliphatic carbocycles. The molecule has 1 atom stereocenters. The fraction of sp³-hybridized carbons (Fsp3) is 0.706. The number of piperidine rings is 1. The number of furan rings is 1. The number of hydrogen-bond acceptors (Lipinski definition) is 3. The van der Waals surface area contributed by atoms with Crippen molar-refractivity contribution in [3.8, 4) is 0 Å². The second kappa shape index (κ2) is 10.9. The first-order valence-corrected chi connectivity index (χ1v) is 8.40. The maximum atomic E-state index is 5.33. The third kappa shape index (κ3) is 7.12. The van der Waals surface area contributed by atoms with Crippen LogP contribution in [0.15, 0.2) is 27.8 Å². The van der Waals surface area contributed by atoms with Crippen molar-refractivity contribution in [3.05, 3.63) is 24.2 Å². The van der Waals surface area contributed by atoms with Gasteiger partial charge in [0.2, 0.25) is 0 Å². The van der Waals surface area contributed by atoms with Crippen LogP contribution in [0.2, 0.25) is 0 Å². The third-order valence-corrected chi connectivity index (χ3v) is 4.47. The Bertz CT molecular complexity index is 441. The van der Waals surface area contributed by atoms with Crippen molar-refractivity contribution in [2.75, 3.05) is 33.2 Å². The maximum absolute atomic E-state index is 5.33. The van der Waals surface area contributed by atoms with Crippen LogP contribution >= 0.6 is 24.0 Å². The molecule has 0 spiro atoms. The van der Waals surface area contributed by atoms with E-state index < -0.39 is 0 Å². The van der Waals surface area contributed by atoms with Crippen molar-refractivity contribution in [2.45, 2.75) is 39.2 Å². The summed E-state index contributed by atoms with van der Waals surface area (Å²) < 4.78 is 5.33. The summed E-state index contributed by atoms with van der Waals surface area (Å²) in [6.07, 6.45) is 5.22. The van der Waals surface area contributed by atoms with Crippen molar-refractivity contribution < 1.29 is 4.42 Å². The second-order valence-corrected chi connectivity index (χ2v) is 6.28. The Balaban J connectivity index is 0.00000264. The average Bonchev–Trinajstić information content (AvgIpc) is 3.04. The number of guanidine groups is 1. The number of likely N-dealkylation sites (tertiary alicyclic amines) is 1. The number of halogens is 1. The third-order valence-electron chi connectivity index (χ3n) is 4.47. The monoisotopic (exact) mass is 434 g/mol. The first-order valence-electron chi connectivity index (χ1n) is 8.40. The molecular formula is C17H31IN4O. The Morgan fingerprint density at radius 2 is 2.13 bits per heavy atom. The van der Waals surface area contributed by atoms with E-state index in [2.05, 4.69) is 34.4 Å². The molecule has 6 heteroatoms. The second-order valence-electron chi connectivity index (χ2n) is 6.28. The molecule has 5 nitrogen and oxygen atoms in total. The molecule has 0 amide bonds. The highest BCUT2D eigenvalue weighted by Crippen LogP contribution is 2.17. The SMILES string of the molecule is CN=C(NCCc1ccco1)NCC(C)N1CCC(C)CC1.I. The Hall–Kier alpha value is -0.760. The van der Waals surface area contributed by atoms with Gasteiger partial charge in [0, 0.05) is 32.6 Å². The Kier molecular flexibility index (Phi) is 9.62. The Labute approximate surface area is 157 Å². The summed E-state index contributed by atoms with van der Waals surface area (Å²) in [5.74, 6) is 2.75. The van der Waals surface area contributed by atoms with E-state index in [1.165, 1.54) is 25.9 Å².